The SMILES string of the molecule is CN1CCOc2cc3oc(C(=O)O)nc3cc21. The molecule has 0 spiro atoms. The molecule has 1 aromatic carbocycles. The molecule has 0 amide bonds. The van der Waals surface area contributed by atoms with Crippen LogP contribution in [0.2, 0.25) is 0 Å². The molecule has 1 aliphatic rings. The van der Waals surface area contributed by atoms with E-state index in [0.29, 0.717) is 23.5 Å². The fourth-order valence-electron chi connectivity index (χ4n) is 1.86. The molecule has 0 aliphatic carbocycles. The molecule has 1 aliphatic heterocycles. The highest BCUT2D eigenvalue weighted by molar-refractivity contribution is 5.89. The second-order valence-electron chi connectivity index (χ2n) is 3.88. The number of ether oxygens (including phenoxy) is 1. The third-order valence-electron chi connectivity index (χ3n) is 2.75. The van der Waals surface area contributed by atoms with Gasteiger partial charge in [0.15, 0.2) is 5.58 Å². The minimum absolute atomic E-state index is 0.301. The molecule has 88 valence electrons. The quantitative estimate of drug-likeness (QED) is 0.802. The lowest BCUT2D eigenvalue weighted by atomic mass is 10.2. The van der Waals surface area contributed by atoms with Crippen LogP contribution in [0, 0.1) is 0 Å². The van der Waals surface area contributed by atoms with E-state index in [9.17, 15) is 4.79 Å². The maximum absolute atomic E-state index is 10.8. The number of anilines is 1. The molecule has 0 atom stereocenters. The highest BCUT2D eigenvalue weighted by atomic mass is 16.5. The van der Waals surface area contributed by atoms with Crippen LogP contribution < -0.4 is 9.64 Å². The zero-order valence-electron chi connectivity index (χ0n) is 9.14. The van der Waals surface area contributed by atoms with Gasteiger partial charge in [-0.25, -0.2) is 9.78 Å². The fourth-order valence-corrected chi connectivity index (χ4v) is 1.86. The molecular formula is C11H10N2O4. The van der Waals surface area contributed by atoms with Crippen LogP contribution in [0.5, 0.6) is 5.75 Å². The molecule has 0 fully saturated rings. The van der Waals surface area contributed by atoms with Crippen LogP contribution in [-0.4, -0.2) is 36.3 Å². The van der Waals surface area contributed by atoms with Gasteiger partial charge in [-0.05, 0) is 6.07 Å². The molecule has 0 radical (unpaired) electrons. The molecule has 6 heteroatoms. The topological polar surface area (TPSA) is 75.8 Å². The number of nitrogens with zero attached hydrogens (tertiary/aromatic N) is 2. The van der Waals surface area contributed by atoms with Crippen LogP contribution in [0.1, 0.15) is 10.7 Å². The van der Waals surface area contributed by atoms with E-state index in [0.717, 1.165) is 12.2 Å². The summed E-state index contributed by atoms with van der Waals surface area (Å²) in [6, 6.07) is 3.46. The van der Waals surface area contributed by atoms with E-state index in [2.05, 4.69) is 4.98 Å². The van der Waals surface area contributed by atoms with E-state index >= 15 is 0 Å². The van der Waals surface area contributed by atoms with Gasteiger partial charge in [-0.2, -0.15) is 0 Å². The molecule has 3 rings (SSSR count). The molecule has 0 bridgehead atoms. The molecule has 1 aromatic heterocycles. The number of aromatic carboxylic acids is 1. The van der Waals surface area contributed by atoms with Crippen molar-refractivity contribution in [2.24, 2.45) is 0 Å². The predicted octanol–water partition coefficient (Wildman–Crippen LogP) is 1.35. The van der Waals surface area contributed by atoms with Crippen molar-refractivity contribution in [3.05, 3.63) is 18.0 Å². The van der Waals surface area contributed by atoms with Crippen LogP contribution in [-0.2, 0) is 0 Å². The minimum atomic E-state index is -1.17. The molecule has 17 heavy (non-hydrogen) atoms. The van der Waals surface area contributed by atoms with Gasteiger partial charge in [0.05, 0.1) is 12.2 Å². The molecular weight excluding hydrogens is 224 g/mol. The van der Waals surface area contributed by atoms with Crippen molar-refractivity contribution in [1.29, 1.82) is 0 Å². The van der Waals surface area contributed by atoms with Crippen molar-refractivity contribution in [3.63, 3.8) is 0 Å². The second-order valence-corrected chi connectivity index (χ2v) is 3.88. The Morgan fingerprint density at radius 2 is 2.35 bits per heavy atom. The van der Waals surface area contributed by atoms with Crippen molar-refractivity contribution in [1.82, 2.24) is 4.98 Å². The van der Waals surface area contributed by atoms with Crippen molar-refractivity contribution in [3.8, 4) is 5.75 Å². The normalized spacial score (nSPS) is 14.5. The monoisotopic (exact) mass is 234 g/mol. The number of fused-ring (bicyclic) bond motifs is 2. The summed E-state index contributed by atoms with van der Waals surface area (Å²) < 4.78 is 10.6. The Kier molecular flexibility index (Phi) is 1.98. The standard InChI is InChI=1S/C11H10N2O4/c1-13-2-3-16-9-5-8-6(4-7(9)13)12-10(17-8)11(14)15/h4-5H,2-3H2,1H3,(H,14,15). The number of carbonyl (C=O) groups is 1. The van der Waals surface area contributed by atoms with Gasteiger partial charge in [-0.15, -0.1) is 0 Å². The van der Waals surface area contributed by atoms with Crippen LogP contribution in [0.4, 0.5) is 5.69 Å². The molecule has 0 unspecified atom stereocenters. The Balaban J connectivity index is 2.21. The summed E-state index contributed by atoms with van der Waals surface area (Å²) in [6.07, 6.45) is 0. The van der Waals surface area contributed by atoms with Gasteiger partial charge in [0.1, 0.15) is 17.9 Å². The zero-order valence-corrected chi connectivity index (χ0v) is 9.14. The molecule has 0 saturated carbocycles. The fraction of sp³-hybridized carbons (Fsp3) is 0.273. The largest absolute Gasteiger partial charge is 0.489 e. The zero-order chi connectivity index (χ0) is 12.0. The lowest BCUT2D eigenvalue weighted by Gasteiger charge is -2.27. The average molecular weight is 234 g/mol. The Bertz CT molecular complexity index is 605. The van der Waals surface area contributed by atoms with Gasteiger partial charge in [0, 0.05) is 13.1 Å². The van der Waals surface area contributed by atoms with Gasteiger partial charge in [0.2, 0.25) is 0 Å². The molecule has 6 nitrogen and oxygen atoms in total. The summed E-state index contributed by atoms with van der Waals surface area (Å²) in [5.41, 5.74) is 1.85. The Hall–Kier alpha value is -2.24. The third-order valence-corrected chi connectivity index (χ3v) is 2.75. The van der Waals surface area contributed by atoms with E-state index < -0.39 is 5.97 Å². The first-order valence-corrected chi connectivity index (χ1v) is 5.17. The lowest BCUT2D eigenvalue weighted by Crippen LogP contribution is -2.28. The average Bonchev–Trinajstić information content (AvgIpc) is 2.70. The number of hydrogen-bond acceptors (Lipinski definition) is 5. The Labute approximate surface area is 96.4 Å². The maximum atomic E-state index is 10.8. The van der Waals surface area contributed by atoms with Gasteiger partial charge in [0.25, 0.3) is 0 Å². The number of hydrogen-bond donors (Lipinski definition) is 1. The van der Waals surface area contributed by atoms with Crippen molar-refractivity contribution in [2.45, 2.75) is 0 Å². The highest BCUT2D eigenvalue weighted by Gasteiger charge is 2.19. The number of oxazole rings is 1. The number of rotatable bonds is 1. The van der Waals surface area contributed by atoms with Crippen LogP contribution >= 0.6 is 0 Å². The molecule has 2 heterocycles. The van der Waals surface area contributed by atoms with Gasteiger partial charge in [-0.3, -0.25) is 0 Å². The summed E-state index contributed by atoms with van der Waals surface area (Å²) in [5.74, 6) is -0.780. The molecule has 0 saturated heterocycles. The molecule has 1 N–H and O–H groups in total. The van der Waals surface area contributed by atoms with E-state index in [1.54, 1.807) is 12.1 Å². The number of carboxylic acid groups (broad SMARTS) is 1. The third kappa shape index (κ3) is 1.49. The second kappa shape index (κ2) is 3.38. The van der Waals surface area contributed by atoms with E-state index in [-0.39, 0.29) is 5.89 Å². The van der Waals surface area contributed by atoms with Gasteiger partial charge < -0.3 is 19.2 Å². The lowest BCUT2D eigenvalue weighted by molar-refractivity contribution is 0.0656. The Morgan fingerprint density at radius 3 is 3.12 bits per heavy atom. The van der Waals surface area contributed by atoms with Crippen molar-refractivity contribution < 1.29 is 19.1 Å². The first-order chi connectivity index (χ1) is 8.15. The molecule has 2 aromatic rings. The number of aromatic nitrogens is 1. The summed E-state index contributed by atoms with van der Waals surface area (Å²) in [4.78, 5) is 16.7. The van der Waals surface area contributed by atoms with Crippen molar-refractivity contribution >= 4 is 22.8 Å². The maximum Gasteiger partial charge on any atom is 0.392 e. The summed E-state index contributed by atoms with van der Waals surface area (Å²) in [6.45, 7) is 1.40. The van der Waals surface area contributed by atoms with Gasteiger partial charge in [-0.1, -0.05) is 0 Å². The van der Waals surface area contributed by atoms with E-state index in [1.807, 2.05) is 11.9 Å². The highest BCUT2D eigenvalue weighted by Crippen LogP contribution is 2.34. The minimum Gasteiger partial charge on any atom is -0.489 e. The first-order valence-electron chi connectivity index (χ1n) is 5.17. The van der Waals surface area contributed by atoms with E-state index in [1.165, 1.54) is 0 Å². The smallest absolute Gasteiger partial charge is 0.392 e. The summed E-state index contributed by atoms with van der Waals surface area (Å²) >= 11 is 0. The summed E-state index contributed by atoms with van der Waals surface area (Å²) in [7, 11) is 1.95. The van der Waals surface area contributed by atoms with Crippen molar-refractivity contribution in [2.75, 3.05) is 25.1 Å². The predicted molar refractivity (Wildman–Crippen MR) is 59.7 cm³/mol. The first kappa shape index (κ1) is 9.95. The van der Waals surface area contributed by atoms with Crippen LogP contribution in [0.15, 0.2) is 16.5 Å². The van der Waals surface area contributed by atoms with Gasteiger partial charge >= 0.3 is 11.9 Å². The number of benzene rings is 1. The summed E-state index contributed by atoms with van der Waals surface area (Å²) in [5, 5.41) is 8.81. The number of carboxylic acids is 1. The van der Waals surface area contributed by atoms with Crippen LogP contribution in [0.3, 0.4) is 0 Å². The van der Waals surface area contributed by atoms with Crippen LogP contribution in [0.25, 0.3) is 11.1 Å². The van der Waals surface area contributed by atoms with E-state index in [4.69, 9.17) is 14.3 Å². The Morgan fingerprint density at radius 1 is 1.53 bits per heavy atom. The number of likely N-dealkylation sites (N-methyl/N-ethyl adjacent to an activating group) is 1.